The van der Waals surface area contributed by atoms with Crippen molar-refractivity contribution < 1.29 is 5.48 Å². The van der Waals surface area contributed by atoms with Gasteiger partial charge in [0.2, 0.25) is 16.3 Å². The van der Waals surface area contributed by atoms with Crippen LogP contribution in [0.1, 0.15) is 20.3 Å². The van der Waals surface area contributed by atoms with Crippen molar-refractivity contribution in [3.05, 3.63) is 0 Å². The van der Waals surface area contributed by atoms with Crippen LogP contribution in [0.5, 0.6) is 0 Å². The molecule has 1 nitrogen and oxygen atoms in total. The summed E-state index contributed by atoms with van der Waals surface area (Å²) < 4.78 is 0. The van der Waals surface area contributed by atoms with Crippen LogP contribution in [0, 0.1) is 5.92 Å². The first-order valence-corrected chi connectivity index (χ1v) is 4.18. The molecule has 0 radical (unpaired) electrons. The molecule has 0 saturated carbocycles. The molecular weight excluding hydrogens is 103 g/mol. The highest BCUT2D eigenvalue weighted by atomic mass is 27.0. The summed E-state index contributed by atoms with van der Waals surface area (Å²) in [6.07, 6.45) is 1.44. The molecule has 44 valence electrons. The predicted octanol–water partition coefficient (Wildman–Crippen LogP) is 0.259. The van der Waals surface area contributed by atoms with Gasteiger partial charge in [-0.05, 0) is 5.92 Å². The third-order valence-electron chi connectivity index (χ3n) is 0.866. The molecule has 2 N–H and O–H groups in total. The molecule has 0 bridgehead atoms. The van der Waals surface area contributed by atoms with Crippen LogP contribution in [-0.2, 0) is 0 Å². The summed E-state index contributed by atoms with van der Waals surface area (Å²) in [5, 5.41) is 1.47. The van der Waals surface area contributed by atoms with Crippen LogP contribution in [0.4, 0.5) is 0 Å². The number of hydrogen-bond acceptors (Lipinski definition) is 0. The van der Waals surface area contributed by atoms with Gasteiger partial charge in [0.25, 0.3) is 0 Å². The third-order valence-corrected chi connectivity index (χ3v) is 1.44. The summed E-state index contributed by atoms with van der Waals surface area (Å²) in [7, 11) is 0. The maximum atomic E-state index is 2.28. The lowest BCUT2D eigenvalue weighted by Gasteiger charge is -1.95. The maximum absolute atomic E-state index is 2.28. The minimum Gasteiger partial charge on any atom is -0.412 e. The molecule has 0 rings (SSSR count). The van der Waals surface area contributed by atoms with Crippen molar-refractivity contribution in [1.29, 1.82) is 0 Å². The van der Waals surface area contributed by atoms with Gasteiger partial charge in [-0.2, -0.15) is 0 Å². The van der Waals surface area contributed by atoms with E-state index in [1.807, 2.05) is 0 Å². The Morgan fingerprint density at radius 2 is 1.86 bits per heavy atom. The second kappa shape index (κ2) is 6.49. The average molecular weight is 118 g/mol. The molecule has 0 atom stereocenters. The Labute approximate surface area is 53.8 Å². The Hall–Kier alpha value is 0.492. The van der Waals surface area contributed by atoms with Crippen LogP contribution >= 0.6 is 0 Å². The van der Waals surface area contributed by atoms with E-state index < -0.39 is 0 Å². The molecule has 0 unspecified atom stereocenters. The molecular formula is C5H15AlO. The van der Waals surface area contributed by atoms with Gasteiger partial charge in [-0.25, -0.2) is 0 Å². The van der Waals surface area contributed by atoms with E-state index in [1.54, 1.807) is 0 Å². The highest BCUT2D eigenvalue weighted by Crippen LogP contribution is 1.99. The molecule has 0 amide bonds. The standard InChI is InChI=1S/C5H11.Al.H2O.2H/c1-4-5(2)3;;;;/h5H,1,4H2,2-3H3;;1H2;;. The zero-order valence-electron chi connectivity index (χ0n) is 5.49. The first kappa shape index (κ1) is 10.5. The molecule has 0 spiro atoms. The Kier molecular flexibility index (Phi) is 9.71. The fourth-order valence-electron chi connectivity index (χ4n) is 0.577. The summed E-state index contributed by atoms with van der Waals surface area (Å²) in [6.45, 7) is 4.55. The van der Waals surface area contributed by atoms with E-state index in [0.29, 0.717) is 0 Å². The monoisotopic (exact) mass is 118 g/mol. The second-order valence-electron chi connectivity index (χ2n) is 2.18. The van der Waals surface area contributed by atoms with Crippen LogP contribution in [0.25, 0.3) is 0 Å². The van der Waals surface area contributed by atoms with Crippen LogP contribution in [-0.4, -0.2) is 21.8 Å². The van der Waals surface area contributed by atoms with Crippen LogP contribution in [0.3, 0.4) is 0 Å². The van der Waals surface area contributed by atoms with E-state index in [0.717, 1.165) is 5.92 Å². The molecule has 0 saturated heterocycles. The van der Waals surface area contributed by atoms with Crippen molar-refractivity contribution in [2.75, 3.05) is 0 Å². The van der Waals surface area contributed by atoms with Crippen LogP contribution in [0.15, 0.2) is 0 Å². The van der Waals surface area contributed by atoms with Crippen molar-refractivity contribution in [1.82, 2.24) is 0 Å². The van der Waals surface area contributed by atoms with Gasteiger partial charge in [-0.3, -0.25) is 0 Å². The van der Waals surface area contributed by atoms with Gasteiger partial charge in [0.1, 0.15) is 0 Å². The zero-order valence-corrected chi connectivity index (χ0v) is 7.49. The smallest absolute Gasteiger partial charge is 0.211 e. The van der Waals surface area contributed by atoms with Gasteiger partial charge in [0, 0.05) is 0 Å². The van der Waals surface area contributed by atoms with Gasteiger partial charge < -0.3 is 5.48 Å². The Bertz CT molecular complexity index is 29.3. The lowest BCUT2D eigenvalue weighted by Crippen LogP contribution is -1.83. The number of hydrogen-bond donors (Lipinski definition) is 0. The van der Waals surface area contributed by atoms with Crippen molar-refractivity contribution in [2.24, 2.45) is 5.92 Å². The molecule has 0 aromatic carbocycles. The minimum absolute atomic E-state index is 0. The van der Waals surface area contributed by atoms with E-state index in [1.165, 1.54) is 28.0 Å². The quantitative estimate of drug-likeness (QED) is 0.466. The topological polar surface area (TPSA) is 31.5 Å². The Morgan fingerprint density at radius 3 is 1.86 bits per heavy atom. The zero-order chi connectivity index (χ0) is 4.99. The molecule has 2 heteroatoms. The molecule has 7 heavy (non-hydrogen) atoms. The van der Waals surface area contributed by atoms with Crippen LogP contribution < -0.4 is 0 Å². The van der Waals surface area contributed by atoms with Crippen molar-refractivity contribution in [3.8, 4) is 0 Å². The largest absolute Gasteiger partial charge is 0.412 e. The van der Waals surface area contributed by atoms with E-state index in [9.17, 15) is 0 Å². The fraction of sp³-hybridized carbons (Fsp3) is 1.00. The lowest BCUT2D eigenvalue weighted by molar-refractivity contribution is 0.626. The Morgan fingerprint density at radius 1 is 1.43 bits per heavy atom. The van der Waals surface area contributed by atoms with Gasteiger partial charge >= 0.3 is 0 Å². The van der Waals surface area contributed by atoms with Crippen molar-refractivity contribution in [3.63, 3.8) is 0 Å². The third kappa shape index (κ3) is 10.7. The molecule has 0 aromatic rings. The molecule has 0 aromatic heterocycles. The highest BCUT2D eigenvalue weighted by molar-refractivity contribution is 6.08. The van der Waals surface area contributed by atoms with Gasteiger partial charge in [0.15, 0.2) is 0 Å². The first-order valence-electron chi connectivity index (χ1n) is 2.77. The van der Waals surface area contributed by atoms with Gasteiger partial charge in [0.05, 0.1) is 0 Å². The van der Waals surface area contributed by atoms with Crippen molar-refractivity contribution in [2.45, 2.75) is 25.6 Å². The summed E-state index contributed by atoms with van der Waals surface area (Å²) in [5.41, 5.74) is 0. The summed E-state index contributed by atoms with van der Waals surface area (Å²) in [6, 6.07) is 0. The molecule has 0 fully saturated rings. The second-order valence-corrected chi connectivity index (χ2v) is 3.18. The van der Waals surface area contributed by atoms with E-state index >= 15 is 0 Å². The first-order chi connectivity index (χ1) is 2.77. The molecule has 0 aliphatic rings. The average Bonchev–Trinajstić information content (AvgIpc) is 1.35. The molecule has 0 aliphatic carbocycles. The van der Waals surface area contributed by atoms with Gasteiger partial charge in [-0.15, -0.1) is 5.28 Å². The SMILES string of the molecule is CC(C)C[CH2][AlH2].O. The molecule has 0 aliphatic heterocycles. The Balaban J connectivity index is 0. The highest BCUT2D eigenvalue weighted by Gasteiger charge is 1.85. The van der Waals surface area contributed by atoms with E-state index in [2.05, 4.69) is 13.8 Å². The fourth-order valence-corrected chi connectivity index (χ4v) is 1.73. The maximum Gasteiger partial charge on any atom is 0.211 e. The van der Waals surface area contributed by atoms with E-state index in [4.69, 9.17) is 0 Å². The summed E-state index contributed by atoms with van der Waals surface area (Å²) >= 11 is 1.39. The number of rotatable bonds is 2. The van der Waals surface area contributed by atoms with Crippen LogP contribution in [0.2, 0.25) is 5.28 Å². The minimum atomic E-state index is 0. The lowest BCUT2D eigenvalue weighted by atomic mass is 10.2. The molecule has 0 heterocycles. The van der Waals surface area contributed by atoms with E-state index in [-0.39, 0.29) is 5.48 Å². The summed E-state index contributed by atoms with van der Waals surface area (Å²) in [4.78, 5) is 0. The van der Waals surface area contributed by atoms with Crippen molar-refractivity contribution >= 4 is 16.3 Å². The summed E-state index contributed by atoms with van der Waals surface area (Å²) in [5.74, 6) is 0.933. The predicted molar refractivity (Wildman–Crippen MR) is 36.4 cm³/mol. The normalized spacial score (nSPS) is 8.43. The van der Waals surface area contributed by atoms with Gasteiger partial charge in [-0.1, -0.05) is 20.3 Å².